The van der Waals surface area contributed by atoms with Gasteiger partial charge < -0.3 is 5.32 Å². The van der Waals surface area contributed by atoms with Gasteiger partial charge in [0.25, 0.3) is 11.8 Å². The van der Waals surface area contributed by atoms with Gasteiger partial charge in [-0.05, 0) is 80.3 Å². The van der Waals surface area contributed by atoms with Crippen molar-refractivity contribution in [1.82, 2.24) is 0 Å². The van der Waals surface area contributed by atoms with E-state index in [0.717, 1.165) is 32.8 Å². The topological polar surface area (TPSA) is 49.4 Å². The first-order valence-electron chi connectivity index (χ1n) is 10.1. The molecule has 31 heavy (non-hydrogen) atoms. The van der Waals surface area contributed by atoms with Crippen molar-refractivity contribution in [2.75, 3.05) is 10.2 Å². The van der Waals surface area contributed by atoms with Gasteiger partial charge in [-0.15, -0.1) is 0 Å². The predicted molar refractivity (Wildman–Crippen MR) is 121 cm³/mol. The molecule has 1 aliphatic heterocycles. The van der Waals surface area contributed by atoms with Crippen molar-refractivity contribution in [3.63, 3.8) is 0 Å². The third-order valence-electron chi connectivity index (χ3n) is 5.29. The molecule has 3 aromatic carbocycles. The maximum absolute atomic E-state index is 13.9. The molecule has 4 rings (SSSR count). The van der Waals surface area contributed by atoms with Gasteiger partial charge in [0.1, 0.15) is 11.5 Å². The lowest BCUT2D eigenvalue weighted by molar-refractivity contribution is -0.120. The maximum atomic E-state index is 13.9. The lowest BCUT2D eigenvalue weighted by Gasteiger charge is -2.15. The highest BCUT2D eigenvalue weighted by atomic mass is 19.1. The van der Waals surface area contributed by atoms with Crippen LogP contribution in [0.3, 0.4) is 0 Å². The highest BCUT2D eigenvalue weighted by Crippen LogP contribution is 2.35. The smallest absolute Gasteiger partial charge is 0.282 e. The van der Waals surface area contributed by atoms with Crippen molar-refractivity contribution in [2.45, 2.75) is 27.7 Å². The number of imide groups is 1. The number of nitrogens with one attached hydrogen (secondary N) is 1. The molecule has 0 aliphatic carbocycles. The summed E-state index contributed by atoms with van der Waals surface area (Å²) < 4.78 is 13.9. The Labute approximate surface area is 181 Å². The third kappa shape index (κ3) is 3.87. The Hall–Kier alpha value is -3.73. The van der Waals surface area contributed by atoms with Crippen molar-refractivity contribution < 1.29 is 14.0 Å². The number of nitrogens with zero attached hydrogens (tertiary/aromatic N) is 1. The van der Waals surface area contributed by atoms with Crippen LogP contribution in [0.25, 0.3) is 5.57 Å². The van der Waals surface area contributed by atoms with Crippen LogP contribution in [0, 0.1) is 33.5 Å². The summed E-state index contributed by atoms with van der Waals surface area (Å²) in [6.07, 6.45) is 0. The molecule has 0 unspecified atom stereocenters. The lowest BCUT2D eigenvalue weighted by Crippen LogP contribution is -2.32. The molecule has 1 aliphatic rings. The summed E-state index contributed by atoms with van der Waals surface area (Å²) in [7, 11) is 0. The minimum Gasteiger partial charge on any atom is -0.350 e. The summed E-state index contributed by atoms with van der Waals surface area (Å²) in [5.41, 5.74) is 6.09. The van der Waals surface area contributed by atoms with Gasteiger partial charge in [-0.2, -0.15) is 0 Å². The summed E-state index contributed by atoms with van der Waals surface area (Å²) >= 11 is 0. The van der Waals surface area contributed by atoms with Crippen LogP contribution in [0.5, 0.6) is 0 Å². The van der Waals surface area contributed by atoms with Crippen LogP contribution in [-0.2, 0) is 9.59 Å². The van der Waals surface area contributed by atoms with Gasteiger partial charge in [0.05, 0.1) is 11.3 Å². The molecule has 0 bridgehead atoms. The number of aryl methyl sites for hydroxylation is 4. The Morgan fingerprint density at radius 1 is 0.774 bits per heavy atom. The number of benzene rings is 3. The van der Waals surface area contributed by atoms with Crippen LogP contribution < -0.4 is 10.2 Å². The third-order valence-corrected chi connectivity index (χ3v) is 5.29. The zero-order chi connectivity index (χ0) is 22.3. The van der Waals surface area contributed by atoms with Gasteiger partial charge in [-0.1, -0.05) is 35.9 Å². The summed E-state index contributed by atoms with van der Waals surface area (Å²) in [4.78, 5) is 27.9. The van der Waals surface area contributed by atoms with Crippen LogP contribution in [-0.4, -0.2) is 11.8 Å². The second-order valence-electron chi connectivity index (χ2n) is 8.00. The van der Waals surface area contributed by atoms with E-state index >= 15 is 0 Å². The fraction of sp³-hybridized carbons (Fsp3) is 0.154. The monoisotopic (exact) mass is 414 g/mol. The summed E-state index contributed by atoms with van der Waals surface area (Å²) in [5.74, 6) is -1.50. The van der Waals surface area contributed by atoms with Crippen LogP contribution in [0.1, 0.15) is 27.8 Å². The van der Waals surface area contributed by atoms with Gasteiger partial charge in [0.2, 0.25) is 0 Å². The number of amides is 2. The quantitative estimate of drug-likeness (QED) is 0.577. The molecule has 4 nitrogen and oxygen atoms in total. The normalized spacial score (nSPS) is 13.9. The van der Waals surface area contributed by atoms with Gasteiger partial charge in [0.15, 0.2) is 0 Å². The molecule has 0 fully saturated rings. The van der Waals surface area contributed by atoms with Crippen molar-refractivity contribution in [3.8, 4) is 0 Å². The zero-order valence-electron chi connectivity index (χ0n) is 17.9. The Balaban J connectivity index is 1.88. The number of halogens is 1. The van der Waals surface area contributed by atoms with E-state index in [0.29, 0.717) is 5.56 Å². The number of anilines is 2. The van der Waals surface area contributed by atoms with Crippen LogP contribution in [0.15, 0.2) is 66.4 Å². The second-order valence-corrected chi connectivity index (χ2v) is 8.00. The van der Waals surface area contributed by atoms with Gasteiger partial charge in [0, 0.05) is 5.69 Å². The number of carbonyl (C=O) groups is 2. The van der Waals surface area contributed by atoms with E-state index in [2.05, 4.69) is 5.32 Å². The Morgan fingerprint density at radius 2 is 1.48 bits per heavy atom. The van der Waals surface area contributed by atoms with E-state index < -0.39 is 17.6 Å². The van der Waals surface area contributed by atoms with Crippen molar-refractivity contribution in [2.24, 2.45) is 0 Å². The Bertz CT molecular complexity index is 1240. The SMILES string of the molecule is Cc1cc(C)cc(NC2=C(c3ccc(C)cc3C)C(=O)N(c3cccc(F)c3)C2=O)c1. The number of hydrogen-bond acceptors (Lipinski definition) is 3. The highest BCUT2D eigenvalue weighted by Gasteiger charge is 2.40. The lowest BCUT2D eigenvalue weighted by atomic mass is 9.97. The van der Waals surface area contributed by atoms with E-state index in [4.69, 9.17) is 0 Å². The van der Waals surface area contributed by atoms with E-state index in [9.17, 15) is 14.0 Å². The molecular weight excluding hydrogens is 391 g/mol. The molecule has 0 aromatic heterocycles. The average molecular weight is 414 g/mol. The molecule has 1 N–H and O–H groups in total. The molecule has 1 heterocycles. The van der Waals surface area contributed by atoms with Gasteiger partial charge in [-0.3, -0.25) is 9.59 Å². The van der Waals surface area contributed by atoms with Crippen LogP contribution in [0.2, 0.25) is 0 Å². The first kappa shape index (κ1) is 20.5. The standard InChI is InChI=1S/C26H23FN2O2/c1-15-8-9-22(18(4)11-15)23-24(28-20-12-16(2)10-17(3)13-20)26(31)29(25(23)30)21-7-5-6-19(27)14-21/h5-14,28H,1-4H3. The van der Waals surface area contributed by atoms with Crippen LogP contribution >= 0.6 is 0 Å². The van der Waals surface area contributed by atoms with Crippen molar-refractivity contribution in [1.29, 1.82) is 0 Å². The van der Waals surface area contributed by atoms with E-state index in [1.807, 2.05) is 64.1 Å². The van der Waals surface area contributed by atoms with Crippen LogP contribution in [0.4, 0.5) is 15.8 Å². The summed E-state index contributed by atoms with van der Waals surface area (Å²) in [6.45, 7) is 7.82. The molecule has 3 aromatic rings. The molecule has 0 saturated carbocycles. The van der Waals surface area contributed by atoms with E-state index in [-0.39, 0.29) is 17.0 Å². The van der Waals surface area contributed by atoms with Crippen molar-refractivity contribution >= 4 is 28.8 Å². The largest absolute Gasteiger partial charge is 0.350 e. The van der Waals surface area contributed by atoms with Gasteiger partial charge in [-0.25, -0.2) is 9.29 Å². The highest BCUT2D eigenvalue weighted by molar-refractivity contribution is 6.46. The predicted octanol–water partition coefficient (Wildman–Crippen LogP) is 5.46. The van der Waals surface area contributed by atoms with E-state index in [1.165, 1.54) is 18.2 Å². The van der Waals surface area contributed by atoms with E-state index in [1.54, 1.807) is 6.07 Å². The first-order chi connectivity index (χ1) is 14.7. The molecule has 0 atom stereocenters. The summed E-state index contributed by atoms with van der Waals surface area (Å²) in [6, 6.07) is 17.1. The fourth-order valence-corrected chi connectivity index (χ4v) is 4.03. The number of rotatable bonds is 4. The van der Waals surface area contributed by atoms with Gasteiger partial charge >= 0.3 is 0 Å². The molecule has 0 saturated heterocycles. The molecule has 5 heteroatoms. The zero-order valence-corrected chi connectivity index (χ0v) is 17.9. The maximum Gasteiger partial charge on any atom is 0.282 e. The molecule has 0 spiro atoms. The second kappa shape index (κ2) is 7.84. The molecule has 0 radical (unpaired) electrons. The summed E-state index contributed by atoms with van der Waals surface area (Å²) in [5, 5.41) is 3.18. The number of hydrogen-bond donors (Lipinski definition) is 1. The fourth-order valence-electron chi connectivity index (χ4n) is 4.03. The molecule has 2 amide bonds. The Kier molecular flexibility index (Phi) is 5.19. The minimum atomic E-state index is -0.512. The minimum absolute atomic E-state index is 0.186. The van der Waals surface area contributed by atoms with Crippen molar-refractivity contribution in [3.05, 3.63) is 100.0 Å². The average Bonchev–Trinajstić information content (AvgIpc) is 2.91. The Morgan fingerprint density at radius 3 is 2.13 bits per heavy atom. The first-order valence-corrected chi connectivity index (χ1v) is 10.1. The molecule has 156 valence electrons. The number of carbonyl (C=O) groups excluding carboxylic acids is 2. The molecular formula is C26H23FN2O2.